The van der Waals surface area contributed by atoms with Crippen LogP contribution in [0.4, 0.5) is 0 Å². The van der Waals surface area contributed by atoms with Crippen molar-refractivity contribution >= 4 is 11.8 Å². The summed E-state index contributed by atoms with van der Waals surface area (Å²) >= 11 is 0. The number of amides is 2. The molecule has 6 nitrogen and oxygen atoms in total. The number of ether oxygens (including phenoxy) is 1. The number of nitrogens with zero attached hydrogens (tertiary/aromatic N) is 2. The molecule has 0 bridgehead atoms. The number of hydrogen-bond donors (Lipinski definition) is 1. The Balaban J connectivity index is 1.51. The maximum Gasteiger partial charge on any atom is 0.225 e. The van der Waals surface area contributed by atoms with Gasteiger partial charge in [0.05, 0.1) is 5.92 Å². The molecule has 0 saturated carbocycles. The third-order valence-electron chi connectivity index (χ3n) is 4.75. The highest BCUT2D eigenvalue weighted by Gasteiger charge is 2.33. The van der Waals surface area contributed by atoms with Crippen LogP contribution in [-0.4, -0.2) is 55.3 Å². The molecule has 2 amide bonds. The Bertz CT molecular complexity index is 808. The van der Waals surface area contributed by atoms with E-state index in [4.69, 9.17) is 4.74 Å². The molecule has 1 aliphatic rings. The summed E-state index contributed by atoms with van der Waals surface area (Å²) in [5, 5.41) is 2.95. The van der Waals surface area contributed by atoms with E-state index in [1.54, 1.807) is 4.90 Å². The zero-order valence-electron chi connectivity index (χ0n) is 16.4. The first-order valence-corrected chi connectivity index (χ1v) is 9.53. The van der Waals surface area contributed by atoms with Gasteiger partial charge in [0.25, 0.3) is 0 Å². The lowest BCUT2D eigenvalue weighted by Gasteiger charge is -2.19. The van der Waals surface area contributed by atoms with E-state index in [1.807, 2.05) is 73.6 Å². The van der Waals surface area contributed by atoms with Gasteiger partial charge in [0.2, 0.25) is 11.8 Å². The number of likely N-dealkylation sites (tertiary alicyclic amines) is 1. The molecule has 1 atom stereocenters. The van der Waals surface area contributed by atoms with Crippen molar-refractivity contribution in [3.8, 4) is 11.5 Å². The lowest BCUT2D eigenvalue weighted by molar-refractivity contribution is -0.129. The molecule has 1 aliphatic heterocycles. The third-order valence-corrected chi connectivity index (χ3v) is 4.75. The molecule has 6 heteroatoms. The number of likely N-dealkylation sites (N-methyl/N-ethyl adjacent to an activating group) is 1. The van der Waals surface area contributed by atoms with Crippen molar-refractivity contribution in [2.45, 2.75) is 13.0 Å². The Morgan fingerprint density at radius 1 is 1.14 bits per heavy atom. The zero-order chi connectivity index (χ0) is 19.9. The van der Waals surface area contributed by atoms with Gasteiger partial charge in [0.15, 0.2) is 0 Å². The van der Waals surface area contributed by atoms with Crippen molar-refractivity contribution in [2.24, 2.45) is 5.92 Å². The number of rotatable bonds is 8. The Hall–Kier alpha value is -2.86. The summed E-state index contributed by atoms with van der Waals surface area (Å²) < 4.78 is 5.83. The van der Waals surface area contributed by atoms with E-state index in [-0.39, 0.29) is 24.2 Å². The average molecular weight is 381 g/mol. The van der Waals surface area contributed by atoms with Crippen molar-refractivity contribution in [3.05, 3.63) is 60.2 Å². The van der Waals surface area contributed by atoms with Crippen LogP contribution in [0.15, 0.2) is 54.6 Å². The summed E-state index contributed by atoms with van der Waals surface area (Å²) in [5.41, 5.74) is 0.954. The highest BCUT2D eigenvalue weighted by atomic mass is 16.5. The summed E-state index contributed by atoms with van der Waals surface area (Å²) in [4.78, 5) is 28.4. The molecule has 0 aliphatic carbocycles. The Kier molecular flexibility index (Phi) is 6.66. The van der Waals surface area contributed by atoms with Crippen molar-refractivity contribution in [1.82, 2.24) is 15.1 Å². The average Bonchev–Trinajstić information content (AvgIpc) is 3.06. The number of benzene rings is 2. The smallest absolute Gasteiger partial charge is 0.225 e. The lowest BCUT2D eigenvalue weighted by Crippen LogP contribution is -2.35. The third kappa shape index (κ3) is 5.57. The van der Waals surface area contributed by atoms with E-state index in [9.17, 15) is 9.59 Å². The number of carbonyl (C=O) groups excluding carboxylic acids is 2. The molecule has 1 fully saturated rings. The molecule has 1 N–H and O–H groups in total. The van der Waals surface area contributed by atoms with Gasteiger partial charge < -0.3 is 19.9 Å². The van der Waals surface area contributed by atoms with Crippen molar-refractivity contribution < 1.29 is 14.3 Å². The number of carbonyl (C=O) groups is 2. The zero-order valence-corrected chi connectivity index (χ0v) is 16.4. The normalized spacial score (nSPS) is 16.5. The van der Waals surface area contributed by atoms with Gasteiger partial charge in [-0.3, -0.25) is 9.59 Å². The second-order valence-corrected chi connectivity index (χ2v) is 7.32. The molecule has 0 aromatic heterocycles. The van der Waals surface area contributed by atoms with Gasteiger partial charge in [-0.1, -0.05) is 30.3 Å². The number of hydrogen-bond acceptors (Lipinski definition) is 4. The molecule has 1 heterocycles. The fourth-order valence-electron chi connectivity index (χ4n) is 3.16. The summed E-state index contributed by atoms with van der Waals surface area (Å²) in [5.74, 6) is 1.20. The van der Waals surface area contributed by atoms with Crippen molar-refractivity contribution in [1.29, 1.82) is 0 Å². The van der Waals surface area contributed by atoms with Gasteiger partial charge in [-0.15, -0.1) is 0 Å². The second kappa shape index (κ2) is 9.37. The standard InChI is InChI=1S/C22H27N3O3/c1-24(2)11-12-25-16-18(14-21(25)26)22(27)23-15-17-7-6-10-20(13-17)28-19-8-4-3-5-9-19/h3-10,13,18H,11-12,14-16H2,1-2H3,(H,23,27). The molecule has 0 spiro atoms. The Morgan fingerprint density at radius 2 is 1.89 bits per heavy atom. The van der Waals surface area contributed by atoms with Gasteiger partial charge >= 0.3 is 0 Å². The van der Waals surface area contributed by atoms with Crippen LogP contribution in [0.5, 0.6) is 11.5 Å². The molecule has 2 aromatic carbocycles. The van der Waals surface area contributed by atoms with Crippen LogP contribution in [0, 0.1) is 5.92 Å². The molecule has 1 unspecified atom stereocenters. The minimum absolute atomic E-state index is 0.0558. The van der Waals surface area contributed by atoms with Crippen molar-refractivity contribution in [3.63, 3.8) is 0 Å². The van der Waals surface area contributed by atoms with Crippen LogP contribution in [0.3, 0.4) is 0 Å². The molecule has 1 saturated heterocycles. The predicted octanol–water partition coefficient (Wildman–Crippen LogP) is 2.51. The van der Waals surface area contributed by atoms with Crippen LogP contribution in [0.2, 0.25) is 0 Å². The maximum absolute atomic E-state index is 12.5. The molecule has 3 rings (SSSR count). The topological polar surface area (TPSA) is 61.9 Å². The Morgan fingerprint density at radius 3 is 2.64 bits per heavy atom. The molecule has 2 aromatic rings. The van der Waals surface area contributed by atoms with Gasteiger partial charge in [-0.05, 0) is 43.9 Å². The van der Waals surface area contributed by atoms with Gasteiger partial charge in [0.1, 0.15) is 11.5 Å². The minimum Gasteiger partial charge on any atom is -0.457 e. The summed E-state index contributed by atoms with van der Waals surface area (Å²) in [6.07, 6.45) is 0.288. The Labute approximate surface area is 166 Å². The molecule has 148 valence electrons. The summed E-state index contributed by atoms with van der Waals surface area (Å²) in [7, 11) is 3.95. The van der Waals surface area contributed by atoms with Crippen LogP contribution in [-0.2, 0) is 16.1 Å². The van der Waals surface area contributed by atoms with Crippen LogP contribution in [0.25, 0.3) is 0 Å². The van der Waals surface area contributed by atoms with E-state index in [0.717, 1.165) is 23.6 Å². The van der Waals surface area contributed by atoms with E-state index >= 15 is 0 Å². The second-order valence-electron chi connectivity index (χ2n) is 7.32. The van der Waals surface area contributed by atoms with E-state index in [2.05, 4.69) is 5.32 Å². The fourth-order valence-corrected chi connectivity index (χ4v) is 3.16. The highest BCUT2D eigenvalue weighted by molar-refractivity contribution is 5.89. The first kappa shape index (κ1) is 19.9. The number of para-hydroxylation sites is 1. The minimum atomic E-state index is -0.279. The van der Waals surface area contributed by atoms with Gasteiger partial charge in [0, 0.05) is 32.6 Å². The largest absolute Gasteiger partial charge is 0.457 e. The van der Waals surface area contributed by atoms with Crippen LogP contribution in [0.1, 0.15) is 12.0 Å². The molecule has 0 radical (unpaired) electrons. The van der Waals surface area contributed by atoms with Gasteiger partial charge in [-0.2, -0.15) is 0 Å². The predicted molar refractivity (Wildman–Crippen MR) is 108 cm³/mol. The summed E-state index contributed by atoms with van der Waals surface area (Å²) in [6, 6.07) is 17.2. The number of nitrogens with one attached hydrogen (secondary N) is 1. The summed E-state index contributed by atoms with van der Waals surface area (Å²) in [6.45, 7) is 2.37. The van der Waals surface area contributed by atoms with Gasteiger partial charge in [-0.25, -0.2) is 0 Å². The van der Waals surface area contributed by atoms with E-state index in [0.29, 0.717) is 19.6 Å². The van der Waals surface area contributed by atoms with Crippen LogP contribution < -0.4 is 10.1 Å². The van der Waals surface area contributed by atoms with Crippen molar-refractivity contribution in [2.75, 3.05) is 33.7 Å². The first-order chi connectivity index (χ1) is 13.5. The molecular weight excluding hydrogens is 354 g/mol. The highest BCUT2D eigenvalue weighted by Crippen LogP contribution is 2.22. The fraction of sp³-hybridized carbons (Fsp3) is 0.364. The SMILES string of the molecule is CN(C)CCN1CC(C(=O)NCc2cccc(Oc3ccccc3)c2)CC1=O. The van der Waals surface area contributed by atoms with E-state index < -0.39 is 0 Å². The monoisotopic (exact) mass is 381 g/mol. The first-order valence-electron chi connectivity index (χ1n) is 9.53. The van der Waals surface area contributed by atoms with Crippen LogP contribution >= 0.6 is 0 Å². The van der Waals surface area contributed by atoms with E-state index in [1.165, 1.54) is 0 Å². The quantitative estimate of drug-likeness (QED) is 0.763. The lowest BCUT2D eigenvalue weighted by atomic mass is 10.1. The maximum atomic E-state index is 12.5. The molecular formula is C22H27N3O3. The molecule has 28 heavy (non-hydrogen) atoms.